The molecule has 0 radical (unpaired) electrons. The van der Waals surface area contributed by atoms with Gasteiger partial charge >= 0.3 is 0 Å². The molecule has 0 saturated heterocycles. The molecule has 0 bridgehead atoms. The lowest BCUT2D eigenvalue weighted by Gasteiger charge is -2.29. The Bertz CT molecular complexity index is 812. The number of nitrogens with zero attached hydrogens (tertiary/aromatic N) is 1. The fraction of sp³-hybridized carbons (Fsp3) is 0.417. The third kappa shape index (κ3) is 6.34. The SMILES string of the molecule is CCNC(=O)[C@H](C)N(Cc1ccccc1)C(=O)COc1ccccc1C(C)(C)C. The molecule has 2 aromatic carbocycles. The molecule has 1 N–H and O–H groups in total. The second kappa shape index (κ2) is 10.1. The fourth-order valence-electron chi connectivity index (χ4n) is 3.12. The highest BCUT2D eigenvalue weighted by Crippen LogP contribution is 2.31. The summed E-state index contributed by atoms with van der Waals surface area (Å²) in [4.78, 5) is 27.0. The first-order valence-corrected chi connectivity index (χ1v) is 10.1. The van der Waals surface area contributed by atoms with E-state index in [4.69, 9.17) is 4.74 Å². The fourth-order valence-corrected chi connectivity index (χ4v) is 3.12. The van der Waals surface area contributed by atoms with Crippen molar-refractivity contribution in [2.24, 2.45) is 0 Å². The van der Waals surface area contributed by atoms with E-state index in [1.54, 1.807) is 11.8 Å². The van der Waals surface area contributed by atoms with Crippen LogP contribution in [0.3, 0.4) is 0 Å². The molecule has 2 aromatic rings. The van der Waals surface area contributed by atoms with Gasteiger partial charge in [0.15, 0.2) is 6.61 Å². The molecule has 0 aliphatic heterocycles. The Morgan fingerprint density at radius 1 is 1.03 bits per heavy atom. The lowest BCUT2D eigenvalue weighted by Crippen LogP contribution is -2.49. The van der Waals surface area contributed by atoms with Crippen LogP contribution in [0.2, 0.25) is 0 Å². The highest BCUT2D eigenvalue weighted by atomic mass is 16.5. The first-order chi connectivity index (χ1) is 13.7. The molecule has 2 amide bonds. The van der Waals surface area contributed by atoms with Crippen LogP contribution in [-0.4, -0.2) is 35.9 Å². The molecular weight excluding hydrogens is 364 g/mol. The summed E-state index contributed by atoms with van der Waals surface area (Å²) in [5, 5.41) is 2.80. The Morgan fingerprint density at radius 2 is 1.66 bits per heavy atom. The van der Waals surface area contributed by atoms with Crippen LogP contribution < -0.4 is 10.1 Å². The molecule has 5 nitrogen and oxygen atoms in total. The Labute approximate surface area is 174 Å². The van der Waals surface area contributed by atoms with Gasteiger partial charge in [-0.25, -0.2) is 0 Å². The van der Waals surface area contributed by atoms with Gasteiger partial charge in [-0.2, -0.15) is 0 Å². The highest BCUT2D eigenvalue weighted by molar-refractivity contribution is 5.87. The van der Waals surface area contributed by atoms with Crippen LogP contribution in [0.25, 0.3) is 0 Å². The van der Waals surface area contributed by atoms with Crippen molar-refractivity contribution in [2.75, 3.05) is 13.2 Å². The standard InChI is InChI=1S/C24H32N2O3/c1-6-25-23(28)18(2)26(16-19-12-8-7-9-13-19)22(27)17-29-21-15-11-10-14-20(21)24(3,4)5/h7-15,18H,6,16-17H2,1-5H3,(H,25,28)/t18-/m0/s1. The number of para-hydroxylation sites is 1. The van der Waals surface area contributed by atoms with Gasteiger partial charge in [-0.15, -0.1) is 0 Å². The molecular formula is C24H32N2O3. The number of ether oxygens (including phenoxy) is 1. The molecule has 0 aliphatic rings. The van der Waals surface area contributed by atoms with Gasteiger partial charge in [0.25, 0.3) is 5.91 Å². The Balaban J connectivity index is 2.18. The lowest BCUT2D eigenvalue weighted by atomic mass is 9.86. The Morgan fingerprint density at radius 3 is 2.28 bits per heavy atom. The minimum absolute atomic E-state index is 0.0995. The van der Waals surface area contributed by atoms with Gasteiger partial charge in [0.05, 0.1) is 0 Å². The minimum atomic E-state index is -0.593. The number of nitrogens with one attached hydrogen (secondary N) is 1. The van der Waals surface area contributed by atoms with Gasteiger partial charge in [0.1, 0.15) is 11.8 Å². The smallest absolute Gasteiger partial charge is 0.261 e. The van der Waals surface area contributed by atoms with Gasteiger partial charge in [-0.1, -0.05) is 69.3 Å². The predicted octanol–water partition coefficient (Wildman–Crippen LogP) is 3.92. The zero-order valence-electron chi connectivity index (χ0n) is 18.1. The van der Waals surface area contributed by atoms with E-state index in [-0.39, 0.29) is 23.8 Å². The summed E-state index contributed by atoms with van der Waals surface area (Å²) in [7, 11) is 0. The minimum Gasteiger partial charge on any atom is -0.483 e. The van der Waals surface area contributed by atoms with Crippen molar-refractivity contribution < 1.29 is 14.3 Å². The number of likely N-dealkylation sites (N-methyl/N-ethyl adjacent to an activating group) is 1. The summed E-state index contributed by atoms with van der Waals surface area (Å²) in [5.41, 5.74) is 1.91. The van der Waals surface area contributed by atoms with E-state index in [1.165, 1.54) is 0 Å². The second-order valence-electron chi connectivity index (χ2n) is 8.11. The summed E-state index contributed by atoms with van der Waals surface area (Å²) >= 11 is 0. The zero-order chi connectivity index (χ0) is 21.4. The molecule has 0 aliphatic carbocycles. The molecule has 0 aromatic heterocycles. The van der Waals surface area contributed by atoms with Gasteiger partial charge in [-0.3, -0.25) is 9.59 Å². The van der Waals surface area contributed by atoms with Crippen molar-refractivity contribution in [1.82, 2.24) is 10.2 Å². The van der Waals surface area contributed by atoms with Crippen molar-refractivity contribution in [3.05, 3.63) is 65.7 Å². The van der Waals surface area contributed by atoms with Crippen molar-refractivity contribution in [3.8, 4) is 5.75 Å². The summed E-state index contributed by atoms with van der Waals surface area (Å²) in [6, 6.07) is 16.8. The number of carbonyl (C=O) groups is 2. The number of amides is 2. The predicted molar refractivity (Wildman–Crippen MR) is 116 cm³/mol. The van der Waals surface area contributed by atoms with Crippen LogP contribution in [0, 0.1) is 0 Å². The molecule has 29 heavy (non-hydrogen) atoms. The van der Waals surface area contributed by atoms with Crippen LogP contribution in [0.15, 0.2) is 54.6 Å². The normalized spacial score (nSPS) is 12.2. The van der Waals surface area contributed by atoms with Gasteiger partial charge < -0.3 is 15.0 Å². The molecule has 156 valence electrons. The average Bonchev–Trinajstić information content (AvgIpc) is 2.70. The lowest BCUT2D eigenvalue weighted by molar-refractivity contribution is -0.142. The van der Waals surface area contributed by atoms with Crippen LogP contribution in [0.1, 0.15) is 45.7 Å². The summed E-state index contributed by atoms with van der Waals surface area (Å²) in [5.74, 6) is 0.293. The van der Waals surface area contributed by atoms with E-state index in [2.05, 4.69) is 26.1 Å². The quantitative estimate of drug-likeness (QED) is 0.736. The molecule has 0 spiro atoms. The molecule has 1 atom stereocenters. The number of hydrogen-bond acceptors (Lipinski definition) is 3. The van der Waals surface area contributed by atoms with Crippen LogP contribution >= 0.6 is 0 Å². The largest absolute Gasteiger partial charge is 0.483 e. The molecule has 0 saturated carbocycles. The van der Waals surface area contributed by atoms with Crippen LogP contribution in [0.5, 0.6) is 5.75 Å². The van der Waals surface area contributed by atoms with Gasteiger partial charge in [-0.05, 0) is 36.5 Å². The number of rotatable bonds is 8. The van der Waals surface area contributed by atoms with E-state index in [1.807, 2.05) is 61.5 Å². The number of benzene rings is 2. The highest BCUT2D eigenvalue weighted by Gasteiger charge is 2.27. The zero-order valence-corrected chi connectivity index (χ0v) is 18.1. The first kappa shape index (κ1) is 22.5. The third-order valence-corrected chi connectivity index (χ3v) is 4.76. The van der Waals surface area contributed by atoms with Crippen LogP contribution in [0.4, 0.5) is 0 Å². The van der Waals surface area contributed by atoms with E-state index in [0.29, 0.717) is 18.8 Å². The molecule has 0 heterocycles. The van der Waals surface area contributed by atoms with E-state index in [9.17, 15) is 9.59 Å². The maximum atomic E-state index is 13.1. The Hall–Kier alpha value is -2.82. The third-order valence-electron chi connectivity index (χ3n) is 4.76. The van der Waals surface area contributed by atoms with Gasteiger partial charge in [0, 0.05) is 13.1 Å². The molecule has 5 heteroatoms. The van der Waals surface area contributed by atoms with E-state index >= 15 is 0 Å². The maximum absolute atomic E-state index is 13.1. The topological polar surface area (TPSA) is 58.6 Å². The number of carbonyl (C=O) groups excluding carboxylic acids is 2. The van der Waals surface area contributed by atoms with Crippen LogP contribution in [-0.2, 0) is 21.5 Å². The molecule has 0 fully saturated rings. The first-order valence-electron chi connectivity index (χ1n) is 10.1. The summed E-state index contributed by atoms with van der Waals surface area (Å²) < 4.78 is 5.91. The van der Waals surface area contributed by atoms with Crippen molar-refractivity contribution in [2.45, 2.75) is 52.6 Å². The monoisotopic (exact) mass is 396 g/mol. The van der Waals surface area contributed by atoms with Gasteiger partial charge in [0.2, 0.25) is 5.91 Å². The average molecular weight is 397 g/mol. The van der Waals surface area contributed by atoms with E-state index in [0.717, 1.165) is 11.1 Å². The molecule has 2 rings (SSSR count). The van der Waals surface area contributed by atoms with Crippen molar-refractivity contribution >= 4 is 11.8 Å². The summed E-state index contributed by atoms with van der Waals surface area (Å²) in [6.07, 6.45) is 0. The van der Waals surface area contributed by atoms with E-state index < -0.39 is 6.04 Å². The molecule has 0 unspecified atom stereocenters. The Kier molecular flexibility index (Phi) is 7.82. The summed E-state index contributed by atoms with van der Waals surface area (Å²) in [6.45, 7) is 10.7. The van der Waals surface area contributed by atoms with Crippen molar-refractivity contribution in [3.63, 3.8) is 0 Å². The number of hydrogen-bond donors (Lipinski definition) is 1. The van der Waals surface area contributed by atoms with Crippen molar-refractivity contribution in [1.29, 1.82) is 0 Å². The second-order valence-corrected chi connectivity index (χ2v) is 8.11. The maximum Gasteiger partial charge on any atom is 0.261 e.